The fourth-order valence-corrected chi connectivity index (χ4v) is 3.24. The van der Waals surface area contributed by atoms with Gasteiger partial charge in [0.1, 0.15) is 0 Å². The molecular formula is C16H20INS. The van der Waals surface area contributed by atoms with E-state index >= 15 is 0 Å². The standard InChI is InChI=1S/C16H20INS/c1-12(13-6-8-14(17)9-7-13)18-11-16(2,3)15-5-4-10-19-15/h4-10,12,18H,11H2,1-3H3. The molecule has 0 radical (unpaired) electrons. The average Bonchev–Trinajstić information content (AvgIpc) is 2.91. The van der Waals surface area contributed by atoms with Crippen molar-refractivity contribution in [3.63, 3.8) is 0 Å². The zero-order valence-corrected chi connectivity index (χ0v) is 14.6. The minimum atomic E-state index is 0.186. The number of rotatable bonds is 5. The topological polar surface area (TPSA) is 12.0 Å². The molecule has 0 spiro atoms. The van der Waals surface area contributed by atoms with Crippen LogP contribution in [0, 0.1) is 3.57 Å². The summed E-state index contributed by atoms with van der Waals surface area (Å²) in [5.74, 6) is 0. The van der Waals surface area contributed by atoms with Gasteiger partial charge in [0.2, 0.25) is 0 Å². The van der Waals surface area contributed by atoms with Crippen molar-refractivity contribution in [1.29, 1.82) is 0 Å². The minimum Gasteiger partial charge on any atom is -0.309 e. The molecule has 0 aliphatic heterocycles. The van der Waals surface area contributed by atoms with E-state index in [9.17, 15) is 0 Å². The fourth-order valence-electron chi connectivity index (χ4n) is 2.03. The van der Waals surface area contributed by atoms with Gasteiger partial charge in [-0.1, -0.05) is 32.0 Å². The summed E-state index contributed by atoms with van der Waals surface area (Å²) in [5, 5.41) is 5.80. The maximum Gasteiger partial charge on any atom is 0.0292 e. The molecule has 1 heterocycles. The molecule has 0 fully saturated rings. The quantitative estimate of drug-likeness (QED) is 0.716. The lowest BCUT2D eigenvalue weighted by Crippen LogP contribution is -2.33. The van der Waals surface area contributed by atoms with Crippen molar-refractivity contribution >= 4 is 33.9 Å². The van der Waals surface area contributed by atoms with Gasteiger partial charge < -0.3 is 5.32 Å². The molecule has 1 nitrogen and oxygen atoms in total. The molecule has 3 heteroatoms. The largest absolute Gasteiger partial charge is 0.309 e. The van der Waals surface area contributed by atoms with Crippen LogP contribution in [-0.4, -0.2) is 6.54 Å². The monoisotopic (exact) mass is 385 g/mol. The highest BCUT2D eigenvalue weighted by Crippen LogP contribution is 2.27. The summed E-state index contributed by atoms with van der Waals surface area (Å²) in [6, 6.07) is 13.5. The molecule has 102 valence electrons. The highest BCUT2D eigenvalue weighted by atomic mass is 127. The Kier molecular flexibility index (Phi) is 5.03. The Morgan fingerprint density at radius 3 is 2.47 bits per heavy atom. The predicted molar refractivity (Wildman–Crippen MR) is 92.9 cm³/mol. The molecule has 0 aliphatic carbocycles. The fraction of sp³-hybridized carbons (Fsp3) is 0.375. The van der Waals surface area contributed by atoms with E-state index in [0.717, 1.165) is 6.54 Å². The number of benzene rings is 1. The van der Waals surface area contributed by atoms with E-state index in [-0.39, 0.29) is 5.41 Å². The van der Waals surface area contributed by atoms with Crippen molar-refractivity contribution in [2.45, 2.75) is 32.2 Å². The maximum absolute atomic E-state index is 3.65. The van der Waals surface area contributed by atoms with Crippen molar-refractivity contribution in [2.75, 3.05) is 6.54 Å². The van der Waals surface area contributed by atoms with Gasteiger partial charge in [-0.05, 0) is 58.7 Å². The molecule has 1 atom stereocenters. The first kappa shape index (κ1) is 15.0. The smallest absolute Gasteiger partial charge is 0.0292 e. The van der Waals surface area contributed by atoms with Crippen LogP contribution in [0.2, 0.25) is 0 Å². The summed E-state index contributed by atoms with van der Waals surface area (Å²) in [6.45, 7) is 7.81. The third-order valence-electron chi connectivity index (χ3n) is 3.41. The Morgan fingerprint density at radius 1 is 1.21 bits per heavy atom. The van der Waals surface area contributed by atoms with Crippen LogP contribution < -0.4 is 5.32 Å². The van der Waals surface area contributed by atoms with Crippen LogP contribution in [0.15, 0.2) is 41.8 Å². The van der Waals surface area contributed by atoms with Gasteiger partial charge in [0.05, 0.1) is 0 Å². The van der Waals surface area contributed by atoms with Crippen LogP contribution in [-0.2, 0) is 5.41 Å². The lowest BCUT2D eigenvalue weighted by molar-refractivity contribution is 0.441. The van der Waals surface area contributed by atoms with Crippen molar-refractivity contribution in [3.8, 4) is 0 Å². The predicted octanol–water partition coefficient (Wildman–Crippen LogP) is 4.98. The molecule has 0 saturated heterocycles. The lowest BCUT2D eigenvalue weighted by Gasteiger charge is -2.26. The van der Waals surface area contributed by atoms with Gasteiger partial charge in [-0.15, -0.1) is 11.3 Å². The van der Waals surface area contributed by atoms with Gasteiger partial charge >= 0.3 is 0 Å². The molecule has 0 amide bonds. The second kappa shape index (κ2) is 6.37. The van der Waals surface area contributed by atoms with E-state index in [1.165, 1.54) is 14.0 Å². The number of thiophene rings is 1. The molecule has 2 rings (SSSR count). The summed E-state index contributed by atoms with van der Waals surface area (Å²) in [4.78, 5) is 1.44. The maximum atomic E-state index is 3.65. The SMILES string of the molecule is CC(NCC(C)(C)c1cccs1)c1ccc(I)cc1. The minimum absolute atomic E-state index is 0.186. The second-order valence-electron chi connectivity index (χ2n) is 5.52. The molecule has 19 heavy (non-hydrogen) atoms. The molecule has 1 N–H and O–H groups in total. The second-order valence-corrected chi connectivity index (χ2v) is 7.71. The van der Waals surface area contributed by atoms with Gasteiger partial charge in [-0.25, -0.2) is 0 Å². The molecule has 1 aromatic carbocycles. The molecule has 2 aromatic rings. The van der Waals surface area contributed by atoms with Crippen LogP contribution in [0.5, 0.6) is 0 Å². The van der Waals surface area contributed by atoms with E-state index in [1.807, 2.05) is 11.3 Å². The third kappa shape index (κ3) is 4.04. The lowest BCUT2D eigenvalue weighted by atomic mass is 9.91. The van der Waals surface area contributed by atoms with E-state index < -0.39 is 0 Å². The normalized spacial score (nSPS) is 13.5. The van der Waals surface area contributed by atoms with Crippen LogP contribution in [0.4, 0.5) is 0 Å². The van der Waals surface area contributed by atoms with Gasteiger partial charge in [0.25, 0.3) is 0 Å². The van der Waals surface area contributed by atoms with Crippen LogP contribution in [0.25, 0.3) is 0 Å². The van der Waals surface area contributed by atoms with Crippen LogP contribution in [0.3, 0.4) is 0 Å². The van der Waals surface area contributed by atoms with Gasteiger partial charge in [0.15, 0.2) is 0 Å². The molecular weight excluding hydrogens is 365 g/mol. The van der Waals surface area contributed by atoms with Crippen LogP contribution in [0.1, 0.15) is 37.3 Å². The first-order chi connectivity index (χ1) is 8.99. The summed E-state index contributed by atoms with van der Waals surface area (Å²) >= 11 is 4.18. The highest BCUT2D eigenvalue weighted by Gasteiger charge is 2.22. The molecule has 0 aliphatic rings. The van der Waals surface area contributed by atoms with Gasteiger partial charge in [-0.3, -0.25) is 0 Å². The number of hydrogen-bond acceptors (Lipinski definition) is 2. The van der Waals surface area contributed by atoms with Crippen molar-refractivity contribution in [3.05, 3.63) is 55.8 Å². The van der Waals surface area contributed by atoms with Crippen molar-refractivity contribution in [1.82, 2.24) is 5.32 Å². The highest BCUT2D eigenvalue weighted by molar-refractivity contribution is 14.1. The zero-order valence-electron chi connectivity index (χ0n) is 11.6. The van der Waals surface area contributed by atoms with E-state index in [4.69, 9.17) is 0 Å². The van der Waals surface area contributed by atoms with E-state index in [0.29, 0.717) is 6.04 Å². The molecule has 1 unspecified atom stereocenters. The molecule has 0 saturated carbocycles. The van der Waals surface area contributed by atoms with Crippen molar-refractivity contribution in [2.24, 2.45) is 0 Å². The van der Waals surface area contributed by atoms with Crippen molar-refractivity contribution < 1.29 is 0 Å². The van der Waals surface area contributed by atoms with E-state index in [1.54, 1.807) is 0 Å². The summed E-state index contributed by atoms with van der Waals surface area (Å²) < 4.78 is 1.28. The summed E-state index contributed by atoms with van der Waals surface area (Å²) in [6.07, 6.45) is 0. The first-order valence-corrected chi connectivity index (χ1v) is 8.48. The van der Waals surface area contributed by atoms with Gasteiger partial charge in [-0.2, -0.15) is 0 Å². The Bertz CT molecular complexity index is 502. The Labute approximate surface area is 133 Å². The number of halogens is 1. The Hall–Kier alpha value is -0.390. The van der Waals surface area contributed by atoms with E-state index in [2.05, 4.69) is 90.5 Å². The number of hydrogen-bond donors (Lipinski definition) is 1. The Morgan fingerprint density at radius 2 is 1.89 bits per heavy atom. The van der Waals surface area contributed by atoms with Gasteiger partial charge in [0, 0.05) is 26.4 Å². The third-order valence-corrected chi connectivity index (χ3v) is 5.36. The zero-order chi connectivity index (χ0) is 13.9. The number of nitrogens with one attached hydrogen (secondary N) is 1. The summed E-state index contributed by atoms with van der Waals surface area (Å²) in [7, 11) is 0. The van der Waals surface area contributed by atoms with Crippen LogP contribution >= 0.6 is 33.9 Å². The summed E-state index contributed by atoms with van der Waals surface area (Å²) in [5.41, 5.74) is 1.54. The Balaban J connectivity index is 1.97. The average molecular weight is 385 g/mol. The molecule has 0 bridgehead atoms. The molecule has 1 aromatic heterocycles. The first-order valence-electron chi connectivity index (χ1n) is 6.52.